The average Bonchev–Trinajstić information content (AvgIpc) is 3.56. The van der Waals surface area contributed by atoms with Gasteiger partial charge in [-0.2, -0.15) is 0 Å². The fraction of sp³-hybridized carbons (Fsp3) is 0.261. The van der Waals surface area contributed by atoms with Gasteiger partial charge in [-0.05, 0) is 37.6 Å². The molecule has 11 nitrogen and oxygen atoms in total. The van der Waals surface area contributed by atoms with Crippen molar-refractivity contribution >= 4 is 23.4 Å². The van der Waals surface area contributed by atoms with Crippen LogP contribution in [0.4, 0.5) is 5.82 Å². The van der Waals surface area contributed by atoms with E-state index in [0.29, 0.717) is 34.8 Å². The molecule has 0 spiro atoms. The van der Waals surface area contributed by atoms with Gasteiger partial charge in [-0.25, -0.2) is 14.5 Å². The molecule has 1 amide bonds. The quantitative estimate of drug-likeness (QED) is 0.579. The van der Waals surface area contributed by atoms with Gasteiger partial charge < -0.3 is 19.5 Å². The van der Waals surface area contributed by atoms with Gasteiger partial charge in [0.2, 0.25) is 5.88 Å². The normalized spacial score (nSPS) is 16.8. The Labute approximate surface area is 195 Å². The van der Waals surface area contributed by atoms with E-state index in [0.717, 1.165) is 18.7 Å². The van der Waals surface area contributed by atoms with Crippen molar-refractivity contribution < 1.29 is 14.3 Å². The minimum Gasteiger partial charge on any atom is -0.479 e. The van der Waals surface area contributed by atoms with Crippen LogP contribution in [0.2, 0.25) is 0 Å². The van der Waals surface area contributed by atoms with Gasteiger partial charge in [-0.15, -0.1) is 15.3 Å². The summed E-state index contributed by atoms with van der Waals surface area (Å²) in [4.78, 5) is 30.4. The fourth-order valence-corrected chi connectivity index (χ4v) is 4.01. The van der Waals surface area contributed by atoms with Gasteiger partial charge in [0.25, 0.3) is 5.91 Å². The predicted molar refractivity (Wildman–Crippen MR) is 123 cm³/mol. The Balaban J connectivity index is 1.41. The van der Waals surface area contributed by atoms with E-state index in [4.69, 9.17) is 4.74 Å². The number of rotatable bonds is 5. The molecule has 0 fully saturated rings. The Morgan fingerprint density at radius 2 is 2.15 bits per heavy atom. The van der Waals surface area contributed by atoms with Crippen LogP contribution >= 0.6 is 0 Å². The highest BCUT2D eigenvalue weighted by Gasteiger charge is 2.25. The number of hydrogen-bond donors (Lipinski definition) is 1. The number of carbonyl (C=O) groups excluding carboxylic acids is 2. The molecule has 2 aliphatic rings. The third-order valence-corrected chi connectivity index (χ3v) is 5.83. The number of hydrogen-bond acceptors (Lipinski definition) is 8. The Kier molecular flexibility index (Phi) is 5.31. The summed E-state index contributed by atoms with van der Waals surface area (Å²) in [6.07, 6.45) is 8.53. The minimum absolute atomic E-state index is 0.141. The van der Waals surface area contributed by atoms with Gasteiger partial charge in [0.15, 0.2) is 11.8 Å². The highest BCUT2D eigenvalue weighted by molar-refractivity contribution is 6.05. The molecule has 0 saturated heterocycles. The number of likely N-dealkylation sites (N-methyl/N-ethyl adjacent to an activating group) is 1. The Morgan fingerprint density at radius 1 is 1.29 bits per heavy atom. The zero-order valence-electron chi connectivity index (χ0n) is 18.9. The molecule has 0 saturated carbocycles. The molecule has 0 aliphatic carbocycles. The number of carbonyl (C=O) groups is 1. The van der Waals surface area contributed by atoms with Crippen LogP contribution in [0.1, 0.15) is 35.6 Å². The highest BCUT2D eigenvalue weighted by Crippen LogP contribution is 2.30. The summed E-state index contributed by atoms with van der Waals surface area (Å²) < 4.78 is 8.87. The zero-order chi connectivity index (χ0) is 23.8. The first-order valence-corrected chi connectivity index (χ1v) is 10.7. The van der Waals surface area contributed by atoms with Crippen LogP contribution < -0.4 is 10.1 Å². The van der Waals surface area contributed by atoms with Gasteiger partial charge in [0.05, 0.1) is 12.8 Å². The third kappa shape index (κ3) is 3.67. The molecular weight excluding hydrogens is 436 g/mol. The van der Waals surface area contributed by atoms with Crippen molar-refractivity contribution in [1.29, 1.82) is 0 Å². The monoisotopic (exact) mass is 458 g/mol. The molecule has 0 unspecified atom stereocenters. The number of fused-ring (bicyclic) bond motifs is 1. The Morgan fingerprint density at radius 3 is 2.94 bits per heavy atom. The molecule has 3 aromatic heterocycles. The fourth-order valence-electron chi connectivity index (χ4n) is 4.01. The van der Waals surface area contributed by atoms with Crippen LogP contribution in [-0.4, -0.2) is 60.4 Å². The number of nitrogens with zero attached hydrogens (tertiary/aromatic N) is 7. The van der Waals surface area contributed by atoms with Crippen molar-refractivity contribution in [3.05, 3.63) is 59.8 Å². The molecule has 34 heavy (non-hydrogen) atoms. The third-order valence-electron chi connectivity index (χ3n) is 5.83. The Bertz CT molecular complexity index is 1390. The Hall–Kier alpha value is -4.50. The second-order valence-electron chi connectivity index (χ2n) is 8.04. The van der Waals surface area contributed by atoms with Crippen molar-refractivity contribution in [3.63, 3.8) is 0 Å². The van der Waals surface area contributed by atoms with E-state index in [-0.39, 0.29) is 11.4 Å². The molecule has 1 N–H and O–H groups in total. The predicted octanol–water partition coefficient (Wildman–Crippen LogP) is 2.32. The first-order chi connectivity index (χ1) is 16.5. The van der Waals surface area contributed by atoms with Crippen molar-refractivity contribution in [3.8, 4) is 17.4 Å². The number of amides is 1. The summed E-state index contributed by atoms with van der Waals surface area (Å²) in [6.45, 7) is 2.13. The van der Waals surface area contributed by atoms with Crippen LogP contribution in [-0.2, 0) is 11.2 Å². The molecular formula is C23H22N8O3. The summed E-state index contributed by atoms with van der Waals surface area (Å²) in [5.41, 5.74) is 1.77. The van der Waals surface area contributed by atoms with Gasteiger partial charge in [0, 0.05) is 31.9 Å². The average molecular weight is 458 g/mol. The van der Waals surface area contributed by atoms with E-state index in [2.05, 4.69) is 37.1 Å². The molecule has 11 heteroatoms. The number of ether oxygens (including phenoxy) is 1. The van der Waals surface area contributed by atoms with Gasteiger partial charge >= 0.3 is 0 Å². The molecule has 5 heterocycles. The van der Waals surface area contributed by atoms with Gasteiger partial charge in [-0.1, -0.05) is 6.07 Å². The SMILES string of the molecule is COc1nn(C2=CC(=C=O)N(C)C=C2)cc1C(=O)Nc1cccc(-c2nnc3n2[C@@H](C)CC3)n1. The van der Waals surface area contributed by atoms with Crippen LogP contribution in [0.5, 0.6) is 5.88 Å². The molecule has 3 aromatic rings. The van der Waals surface area contributed by atoms with E-state index < -0.39 is 5.91 Å². The highest BCUT2D eigenvalue weighted by atomic mass is 16.5. The summed E-state index contributed by atoms with van der Waals surface area (Å²) in [7, 11) is 3.17. The lowest BCUT2D eigenvalue weighted by molar-refractivity contribution is 0.102. The van der Waals surface area contributed by atoms with Crippen LogP contribution in [0, 0.1) is 0 Å². The maximum Gasteiger partial charge on any atom is 0.263 e. The number of methoxy groups -OCH3 is 1. The number of aryl methyl sites for hydroxylation is 1. The molecule has 1 atom stereocenters. The van der Waals surface area contributed by atoms with E-state index in [9.17, 15) is 9.59 Å². The molecule has 2 aliphatic heterocycles. The van der Waals surface area contributed by atoms with Crippen molar-refractivity contribution in [2.45, 2.75) is 25.8 Å². The number of nitrogens with one attached hydrogen (secondary N) is 1. The lowest BCUT2D eigenvalue weighted by Crippen LogP contribution is -2.14. The van der Waals surface area contributed by atoms with E-state index >= 15 is 0 Å². The first-order valence-electron chi connectivity index (χ1n) is 10.7. The zero-order valence-corrected chi connectivity index (χ0v) is 18.9. The molecule has 0 bridgehead atoms. The van der Waals surface area contributed by atoms with Gasteiger partial charge in [0.1, 0.15) is 28.6 Å². The number of allylic oxidation sites excluding steroid dienone is 3. The topological polar surface area (TPSA) is 120 Å². The van der Waals surface area contributed by atoms with Crippen molar-refractivity contribution in [1.82, 2.24) is 34.4 Å². The number of anilines is 1. The number of aromatic nitrogens is 6. The second-order valence-corrected chi connectivity index (χ2v) is 8.04. The summed E-state index contributed by atoms with van der Waals surface area (Å²) in [5.74, 6) is 3.57. The minimum atomic E-state index is -0.434. The molecule has 0 aromatic carbocycles. The molecule has 172 valence electrons. The van der Waals surface area contributed by atoms with E-state index in [1.54, 1.807) is 42.4 Å². The standard InChI is InChI=1S/C23H22N8O3/c1-14-7-8-20-26-27-21(31(14)20)18-5-4-6-19(24-18)25-22(33)17-12-30(28-23(17)34-3)15-9-10-29(2)16(11-15)13-32/h4-6,9-12,14H,7-8H2,1-3H3,(H,24,25,33)/t14-/m0/s1. The van der Waals surface area contributed by atoms with Crippen LogP contribution in [0.25, 0.3) is 17.2 Å². The summed E-state index contributed by atoms with van der Waals surface area (Å²) in [5, 5.41) is 15.7. The van der Waals surface area contributed by atoms with E-state index in [1.165, 1.54) is 18.0 Å². The molecule has 5 rings (SSSR count). The van der Waals surface area contributed by atoms with Crippen LogP contribution in [0.3, 0.4) is 0 Å². The van der Waals surface area contributed by atoms with E-state index in [1.807, 2.05) is 12.0 Å². The molecule has 0 radical (unpaired) electrons. The lowest BCUT2D eigenvalue weighted by atomic mass is 10.2. The van der Waals surface area contributed by atoms with Crippen molar-refractivity contribution in [2.75, 3.05) is 19.5 Å². The smallest absolute Gasteiger partial charge is 0.263 e. The first kappa shape index (κ1) is 21.4. The second kappa shape index (κ2) is 8.45. The maximum absolute atomic E-state index is 13.1. The summed E-state index contributed by atoms with van der Waals surface area (Å²) in [6, 6.07) is 5.65. The lowest BCUT2D eigenvalue weighted by Gasteiger charge is -2.17. The largest absolute Gasteiger partial charge is 0.479 e. The maximum atomic E-state index is 13.1. The van der Waals surface area contributed by atoms with Crippen LogP contribution in [0.15, 0.2) is 48.4 Å². The summed E-state index contributed by atoms with van der Waals surface area (Å²) >= 11 is 0. The van der Waals surface area contributed by atoms with Crippen molar-refractivity contribution in [2.24, 2.45) is 0 Å². The van der Waals surface area contributed by atoms with Gasteiger partial charge in [-0.3, -0.25) is 4.79 Å². The number of pyridine rings is 1.